The number of rotatable bonds is 6. The van der Waals surface area contributed by atoms with Gasteiger partial charge in [0, 0.05) is 30.0 Å². The van der Waals surface area contributed by atoms with Gasteiger partial charge in [-0.1, -0.05) is 17.7 Å². The molecule has 0 fully saturated rings. The zero-order valence-corrected chi connectivity index (χ0v) is 16.3. The summed E-state index contributed by atoms with van der Waals surface area (Å²) in [4.78, 5) is 29.7. The molecule has 0 aliphatic carbocycles. The summed E-state index contributed by atoms with van der Waals surface area (Å²) in [6.45, 7) is 0.690. The van der Waals surface area contributed by atoms with Crippen molar-refractivity contribution < 1.29 is 4.74 Å². The molecule has 146 valence electrons. The molecule has 0 spiro atoms. The van der Waals surface area contributed by atoms with Crippen LogP contribution < -0.4 is 15.6 Å². The SMILES string of the molecule is COc1ccc(Cn2c(=O)ccc3cnc(NCc4ncccn4)nc32)cc1Cl. The molecule has 3 aromatic heterocycles. The third-order valence-corrected chi connectivity index (χ3v) is 4.60. The van der Waals surface area contributed by atoms with Gasteiger partial charge in [0.05, 0.1) is 25.2 Å². The first kappa shape index (κ1) is 18.8. The number of ether oxygens (including phenoxy) is 1. The molecule has 29 heavy (non-hydrogen) atoms. The monoisotopic (exact) mass is 408 g/mol. The summed E-state index contributed by atoms with van der Waals surface area (Å²) in [7, 11) is 1.56. The topological polar surface area (TPSA) is 94.8 Å². The average Bonchev–Trinajstić information content (AvgIpc) is 2.75. The van der Waals surface area contributed by atoms with Crippen molar-refractivity contribution in [2.24, 2.45) is 0 Å². The Morgan fingerprint density at radius 1 is 1.14 bits per heavy atom. The predicted molar refractivity (Wildman–Crippen MR) is 110 cm³/mol. The van der Waals surface area contributed by atoms with Crippen molar-refractivity contribution >= 4 is 28.6 Å². The Balaban J connectivity index is 1.66. The van der Waals surface area contributed by atoms with Crippen molar-refractivity contribution in [2.75, 3.05) is 12.4 Å². The summed E-state index contributed by atoms with van der Waals surface area (Å²) in [6, 6.07) is 10.4. The van der Waals surface area contributed by atoms with Crippen LogP contribution in [0.1, 0.15) is 11.4 Å². The van der Waals surface area contributed by atoms with E-state index in [1.165, 1.54) is 6.07 Å². The Morgan fingerprint density at radius 3 is 2.72 bits per heavy atom. The largest absolute Gasteiger partial charge is 0.495 e. The second-order valence-electron chi connectivity index (χ2n) is 6.22. The van der Waals surface area contributed by atoms with Crippen LogP contribution in [0.25, 0.3) is 11.0 Å². The number of halogens is 1. The highest BCUT2D eigenvalue weighted by molar-refractivity contribution is 6.32. The van der Waals surface area contributed by atoms with Gasteiger partial charge in [-0.15, -0.1) is 0 Å². The maximum atomic E-state index is 12.5. The zero-order chi connectivity index (χ0) is 20.2. The lowest BCUT2D eigenvalue weighted by Gasteiger charge is -2.12. The molecular weight excluding hydrogens is 392 g/mol. The highest BCUT2D eigenvalue weighted by atomic mass is 35.5. The summed E-state index contributed by atoms with van der Waals surface area (Å²) in [6.07, 6.45) is 5.01. The van der Waals surface area contributed by atoms with Gasteiger partial charge in [0.1, 0.15) is 17.2 Å². The van der Waals surface area contributed by atoms with Gasteiger partial charge >= 0.3 is 0 Å². The lowest BCUT2D eigenvalue weighted by Crippen LogP contribution is -2.21. The van der Waals surface area contributed by atoms with Crippen molar-refractivity contribution in [2.45, 2.75) is 13.1 Å². The number of hydrogen-bond donors (Lipinski definition) is 1. The summed E-state index contributed by atoms with van der Waals surface area (Å²) in [5.41, 5.74) is 1.22. The molecule has 1 N–H and O–H groups in total. The fourth-order valence-corrected chi connectivity index (χ4v) is 3.16. The van der Waals surface area contributed by atoms with Crippen LogP contribution in [0.5, 0.6) is 5.75 Å². The van der Waals surface area contributed by atoms with E-state index in [2.05, 4.69) is 25.3 Å². The molecule has 0 saturated heterocycles. The Kier molecular flexibility index (Phi) is 5.35. The van der Waals surface area contributed by atoms with Crippen LogP contribution in [-0.2, 0) is 13.1 Å². The third kappa shape index (κ3) is 4.17. The fraction of sp³-hybridized carbons (Fsp3) is 0.150. The standard InChI is InChI=1S/C20H17ClN6O2/c1-29-16-5-3-13(9-15(16)21)12-27-18(28)6-4-14-10-24-20(26-19(14)27)25-11-17-22-7-2-8-23-17/h2-10H,11-12H2,1H3,(H,24,25,26). The number of hydrogen-bond acceptors (Lipinski definition) is 7. The van der Waals surface area contributed by atoms with Crippen molar-refractivity contribution in [1.82, 2.24) is 24.5 Å². The van der Waals surface area contributed by atoms with E-state index < -0.39 is 0 Å². The number of nitrogens with one attached hydrogen (secondary N) is 1. The summed E-state index contributed by atoms with van der Waals surface area (Å²) < 4.78 is 6.77. The van der Waals surface area contributed by atoms with Crippen molar-refractivity contribution in [3.8, 4) is 5.75 Å². The lowest BCUT2D eigenvalue weighted by atomic mass is 10.2. The summed E-state index contributed by atoms with van der Waals surface area (Å²) >= 11 is 6.22. The minimum atomic E-state index is -0.166. The molecule has 9 heteroatoms. The summed E-state index contributed by atoms with van der Waals surface area (Å²) in [5, 5.41) is 4.33. The van der Waals surface area contributed by atoms with Crippen molar-refractivity contribution in [3.05, 3.63) is 81.8 Å². The van der Waals surface area contributed by atoms with Crippen LogP contribution in [-0.4, -0.2) is 31.6 Å². The minimum Gasteiger partial charge on any atom is -0.495 e. The first-order valence-electron chi connectivity index (χ1n) is 8.83. The van der Waals surface area contributed by atoms with Gasteiger partial charge in [-0.25, -0.2) is 15.0 Å². The lowest BCUT2D eigenvalue weighted by molar-refractivity contribution is 0.415. The molecule has 0 saturated carbocycles. The van der Waals surface area contributed by atoms with Gasteiger partial charge < -0.3 is 10.1 Å². The average molecular weight is 409 g/mol. The van der Waals surface area contributed by atoms with E-state index in [4.69, 9.17) is 16.3 Å². The van der Waals surface area contributed by atoms with Gasteiger partial charge in [-0.3, -0.25) is 9.36 Å². The predicted octanol–water partition coefficient (Wildman–Crippen LogP) is 2.90. The molecular formula is C20H17ClN6O2. The normalized spacial score (nSPS) is 10.8. The highest BCUT2D eigenvalue weighted by Gasteiger charge is 2.10. The number of methoxy groups -OCH3 is 1. The van der Waals surface area contributed by atoms with E-state index in [1.54, 1.807) is 54.5 Å². The molecule has 0 atom stereocenters. The molecule has 0 bridgehead atoms. The Morgan fingerprint density at radius 2 is 1.97 bits per heavy atom. The van der Waals surface area contributed by atoms with Crippen molar-refractivity contribution in [1.29, 1.82) is 0 Å². The van der Waals surface area contributed by atoms with E-state index in [9.17, 15) is 4.79 Å². The number of aromatic nitrogens is 5. The molecule has 0 amide bonds. The van der Waals surface area contributed by atoms with E-state index in [0.29, 0.717) is 41.3 Å². The van der Waals surface area contributed by atoms with E-state index >= 15 is 0 Å². The van der Waals surface area contributed by atoms with Crippen LogP contribution in [0.15, 0.2) is 59.8 Å². The van der Waals surface area contributed by atoms with Crippen molar-refractivity contribution in [3.63, 3.8) is 0 Å². The van der Waals surface area contributed by atoms with Gasteiger partial charge in [-0.05, 0) is 29.8 Å². The van der Waals surface area contributed by atoms with E-state index in [-0.39, 0.29) is 5.56 Å². The van der Waals surface area contributed by atoms with E-state index in [0.717, 1.165) is 10.9 Å². The fourth-order valence-electron chi connectivity index (χ4n) is 2.88. The second-order valence-corrected chi connectivity index (χ2v) is 6.62. The molecule has 3 heterocycles. The first-order chi connectivity index (χ1) is 14.1. The third-order valence-electron chi connectivity index (χ3n) is 4.30. The Hall–Kier alpha value is -3.52. The van der Waals surface area contributed by atoms with Gasteiger partial charge in [0.2, 0.25) is 5.95 Å². The van der Waals surface area contributed by atoms with Crippen LogP contribution in [0, 0.1) is 0 Å². The van der Waals surface area contributed by atoms with E-state index in [1.807, 2.05) is 6.07 Å². The van der Waals surface area contributed by atoms with Gasteiger partial charge in [-0.2, -0.15) is 4.98 Å². The Bertz CT molecular complexity index is 1210. The smallest absolute Gasteiger partial charge is 0.252 e. The molecule has 0 radical (unpaired) electrons. The highest BCUT2D eigenvalue weighted by Crippen LogP contribution is 2.25. The van der Waals surface area contributed by atoms with Crippen LogP contribution in [0.2, 0.25) is 5.02 Å². The first-order valence-corrected chi connectivity index (χ1v) is 9.20. The number of anilines is 1. The number of fused-ring (bicyclic) bond motifs is 1. The number of benzene rings is 1. The minimum absolute atomic E-state index is 0.166. The van der Waals surface area contributed by atoms with Gasteiger partial charge in [0.25, 0.3) is 5.56 Å². The summed E-state index contributed by atoms with van der Waals surface area (Å²) in [5.74, 6) is 1.59. The van der Waals surface area contributed by atoms with Crippen LogP contribution in [0.3, 0.4) is 0 Å². The molecule has 1 aromatic carbocycles. The maximum absolute atomic E-state index is 12.5. The quantitative estimate of drug-likeness (QED) is 0.524. The zero-order valence-electron chi connectivity index (χ0n) is 15.5. The molecule has 4 rings (SSSR count). The maximum Gasteiger partial charge on any atom is 0.252 e. The molecule has 4 aromatic rings. The number of pyridine rings is 1. The molecule has 8 nitrogen and oxygen atoms in total. The number of nitrogens with zero attached hydrogens (tertiary/aromatic N) is 5. The second kappa shape index (κ2) is 8.24. The molecule has 0 unspecified atom stereocenters. The van der Waals surface area contributed by atoms with Gasteiger partial charge in [0.15, 0.2) is 0 Å². The van der Waals surface area contributed by atoms with Crippen LogP contribution >= 0.6 is 11.6 Å². The Labute approximate surface area is 171 Å². The van der Waals surface area contributed by atoms with Crippen LogP contribution in [0.4, 0.5) is 5.95 Å². The molecule has 0 aliphatic heterocycles. The molecule has 0 aliphatic rings.